The molecule has 0 saturated carbocycles. The fourth-order valence-corrected chi connectivity index (χ4v) is 6.01. The molecular formula is C23H26N2O6+2. The average Bonchev–Trinajstić information content (AvgIpc) is 3.17. The van der Waals surface area contributed by atoms with E-state index in [9.17, 15) is 29.7 Å². The van der Waals surface area contributed by atoms with Gasteiger partial charge in [-0.2, -0.15) is 14.1 Å². The third-order valence-electron chi connectivity index (χ3n) is 7.44. The van der Waals surface area contributed by atoms with Crippen LogP contribution in [0.25, 0.3) is 0 Å². The molecule has 5 unspecified atom stereocenters. The van der Waals surface area contributed by atoms with Gasteiger partial charge in [0.25, 0.3) is 0 Å². The Kier molecular flexibility index (Phi) is 4.68. The van der Waals surface area contributed by atoms with Crippen molar-refractivity contribution >= 4 is 23.8 Å². The monoisotopic (exact) mass is 426 g/mol. The number of likely N-dealkylation sites (N-methyl/N-ethyl adjacent to an activating group) is 1. The predicted molar refractivity (Wildman–Crippen MR) is 112 cm³/mol. The molecule has 0 radical (unpaired) electrons. The first kappa shape index (κ1) is 21.0. The van der Waals surface area contributed by atoms with Gasteiger partial charge in [0, 0.05) is 30.5 Å². The highest BCUT2D eigenvalue weighted by molar-refractivity contribution is 5.87. The molecule has 2 aromatic carbocycles. The smallest absolute Gasteiger partial charge is 0.477 e. The number of quaternary nitrogens is 2. The number of hydrogen-bond acceptors (Lipinski definition) is 3. The molecule has 0 spiro atoms. The van der Waals surface area contributed by atoms with Crippen molar-refractivity contribution in [1.29, 1.82) is 0 Å². The Bertz CT molecular complexity index is 1070. The Labute approximate surface area is 179 Å². The van der Waals surface area contributed by atoms with Crippen LogP contribution in [0, 0.1) is 0 Å². The maximum atomic E-state index is 13.1. The number of benzene rings is 2. The zero-order valence-corrected chi connectivity index (χ0v) is 17.4. The van der Waals surface area contributed by atoms with Crippen LogP contribution in [0.1, 0.15) is 37.3 Å². The number of hydrogen-bond donors (Lipinski definition) is 3. The fraction of sp³-hybridized carbons (Fsp3) is 0.348. The largest absolute Gasteiger partial charge is 0.523 e. The van der Waals surface area contributed by atoms with E-state index in [1.807, 2.05) is 0 Å². The molecule has 31 heavy (non-hydrogen) atoms. The first-order valence-corrected chi connectivity index (χ1v) is 10.3. The van der Waals surface area contributed by atoms with Gasteiger partial charge in [-0.3, -0.25) is 0 Å². The van der Waals surface area contributed by atoms with Gasteiger partial charge in [-0.15, -0.1) is 4.48 Å². The number of nitrogens with zero attached hydrogens (tertiary/aromatic N) is 2. The molecule has 4 rings (SSSR count). The summed E-state index contributed by atoms with van der Waals surface area (Å²) in [5.41, 5.74) is 0.197. The van der Waals surface area contributed by atoms with Crippen LogP contribution in [0.2, 0.25) is 0 Å². The summed E-state index contributed by atoms with van der Waals surface area (Å²) in [6, 6.07) is 15.9. The number of carboxylic acid groups (broad SMARTS) is 3. The van der Waals surface area contributed by atoms with Crippen LogP contribution in [0.3, 0.4) is 0 Å². The minimum atomic E-state index is -1.71. The Morgan fingerprint density at radius 2 is 1.58 bits per heavy atom. The minimum absolute atomic E-state index is 0.0381. The van der Waals surface area contributed by atoms with Gasteiger partial charge < -0.3 is 15.3 Å². The Balaban J connectivity index is 2.07. The van der Waals surface area contributed by atoms with Crippen molar-refractivity contribution in [3.8, 4) is 0 Å². The van der Waals surface area contributed by atoms with Crippen molar-refractivity contribution in [2.75, 3.05) is 6.54 Å². The second-order valence-corrected chi connectivity index (χ2v) is 8.62. The number of aliphatic carboxylic acids is 1. The van der Waals surface area contributed by atoms with E-state index in [1.165, 1.54) is 6.92 Å². The van der Waals surface area contributed by atoms with Gasteiger partial charge in [-0.1, -0.05) is 48.5 Å². The number of para-hydroxylation sites is 1. The molecule has 1 fully saturated rings. The lowest BCUT2D eigenvalue weighted by Gasteiger charge is -2.46. The third-order valence-corrected chi connectivity index (χ3v) is 7.44. The maximum absolute atomic E-state index is 13.1. The van der Waals surface area contributed by atoms with Crippen LogP contribution < -0.4 is 4.48 Å². The predicted octanol–water partition coefficient (Wildman–Crippen LogP) is 4.06. The van der Waals surface area contributed by atoms with Crippen molar-refractivity contribution < 1.29 is 34.2 Å². The maximum Gasteiger partial charge on any atom is 0.523 e. The molecule has 5 atom stereocenters. The molecule has 1 saturated heterocycles. The third kappa shape index (κ3) is 2.46. The zero-order chi connectivity index (χ0) is 22.6. The van der Waals surface area contributed by atoms with Gasteiger partial charge in [0.05, 0.1) is 6.54 Å². The normalized spacial score (nSPS) is 33.5. The van der Waals surface area contributed by atoms with Crippen LogP contribution in [0.4, 0.5) is 15.3 Å². The summed E-state index contributed by atoms with van der Waals surface area (Å²) in [6.07, 6.45) is -3.48. The summed E-state index contributed by atoms with van der Waals surface area (Å²) in [5, 5.41) is 31.4. The lowest BCUT2D eigenvalue weighted by atomic mass is 9.89. The lowest BCUT2D eigenvalue weighted by molar-refractivity contribution is -0.927. The second kappa shape index (κ2) is 6.90. The van der Waals surface area contributed by atoms with Gasteiger partial charge in [-0.05, 0) is 6.92 Å². The van der Waals surface area contributed by atoms with Crippen molar-refractivity contribution in [3.63, 3.8) is 0 Å². The van der Waals surface area contributed by atoms with E-state index in [1.54, 1.807) is 61.5 Å². The van der Waals surface area contributed by atoms with Crippen LogP contribution in [0.5, 0.6) is 0 Å². The highest BCUT2D eigenvalue weighted by Crippen LogP contribution is 2.61. The number of rotatable bonds is 4. The number of carbonyl (C=O) groups is 3. The van der Waals surface area contributed by atoms with Gasteiger partial charge in [0.2, 0.25) is 11.7 Å². The van der Waals surface area contributed by atoms with Crippen LogP contribution >= 0.6 is 0 Å². The van der Waals surface area contributed by atoms with Crippen LogP contribution in [0.15, 0.2) is 54.6 Å². The lowest BCUT2D eigenvalue weighted by Crippen LogP contribution is -2.77. The first-order chi connectivity index (χ1) is 14.7. The molecule has 3 N–H and O–H groups in total. The molecule has 2 heterocycles. The molecular weight excluding hydrogens is 400 g/mol. The number of fused-ring (bicyclic) bond motifs is 3. The average molecular weight is 426 g/mol. The quantitative estimate of drug-likeness (QED) is 0.636. The molecule has 2 amide bonds. The van der Waals surface area contributed by atoms with Gasteiger partial charge in [-0.25, -0.2) is 4.79 Å². The summed E-state index contributed by atoms with van der Waals surface area (Å²) in [4.78, 5) is 38.5. The molecule has 0 bridgehead atoms. The van der Waals surface area contributed by atoms with Crippen LogP contribution in [-0.4, -0.2) is 56.2 Å². The van der Waals surface area contributed by atoms with E-state index in [0.717, 1.165) is 5.56 Å². The summed E-state index contributed by atoms with van der Waals surface area (Å²) >= 11 is 0. The topological polar surface area (TPSA) is 112 Å². The molecule has 2 aliphatic rings. The van der Waals surface area contributed by atoms with Gasteiger partial charge in [0.1, 0.15) is 12.5 Å². The Morgan fingerprint density at radius 3 is 2.13 bits per heavy atom. The molecule has 2 aromatic rings. The van der Waals surface area contributed by atoms with E-state index < -0.39 is 44.7 Å². The highest BCUT2D eigenvalue weighted by Gasteiger charge is 2.81. The van der Waals surface area contributed by atoms with Crippen molar-refractivity contribution in [1.82, 2.24) is 4.48 Å². The van der Waals surface area contributed by atoms with Crippen LogP contribution in [-0.2, 0) is 11.3 Å². The fourth-order valence-electron chi connectivity index (χ4n) is 6.01. The molecule has 8 nitrogen and oxygen atoms in total. The van der Waals surface area contributed by atoms with Gasteiger partial charge >= 0.3 is 18.2 Å². The zero-order valence-electron chi connectivity index (χ0n) is 17.4. The highest BCUT2D eigenvalue weighted by atomic mass is 16.4. The van der Waals surface area contributed by atoms with E-state index in [0.29, 0.717) is 11.3 Å². The number of amides is 2. The number of likely N-dealkylation sites (tertiary alicyclic amines) is 1. The summed E-state index contributed by atoms with van der Waals surface area (Å²) in [5.74, 6) is -1.76. The van der Waals surface area contributed by atoms with E-state index in [2.05, 4.69) is 0 Å². The summed E-state index contributed by atoms with van der Waals surface area (Å²) < 4.78 is -1.49. The van der Waals surface area contributed by atoms with E-state index >= 15 is 0 Å². The van der Waals surface area contributed by atoms with Crippen molar-refractivity contribution in [3.05, 3.63) is 65.7 Å². The Morgan fingerprint density at radius 1 is 0.968 bits per heavy atom. The molecule has 8 heteroatoms. The summed E-state index contributed by atoms with van der Waals surface area (Å²) in [7, 11) is 0. The SMILES string of the molecule is CC[N+]1(C(=O)O)c2ccccc2C2CC(C)(C(=O)O)[N+](Cc3ccccc3)(C(=O)O)C21. The standard InChI is InChI=1S/C23H24N2O6/c1-3-24(21(28)29)18-12-8-7-11-16(18)17-13-23(2,20(26)27)25(19(17)24,22(30)31)14-15-9-5-4-6-10-15/h4-12,17,19H,3,13-14H2,1-2H3,(H-2,26,27,28,29,30,31)/p+2. The number of carboxylic acids is 1. The molecule has 0 aromatic heterocycles. The van der Waals surface area contributed by atoms with Crippen molar-refractivity contribution in [2.45, 2.75) is 44.4 Å². The molecule has 0 aliphatic carbocycles. The van der Waals surface area contributed by atoms with Crippen molar-refractivity contribution in [2.24, 2.45) is 0 Å². The Hall–Kier alpha value is -3.23. The summed E-state index contributed by atoms with van der Waals surface area (Å²) in [6.45, 7) is 3.13. The van der Waals surface area contributed by atoms with E-state index in [-0.39, 0.29) is 19.5 Å². The minimum Gasteiger partial charge on any atom is -0.477 e. The second-order valence-electron chi connectivity index (χ2n) is 8.62. The molecule has 2 aliphatic heterocycles. The first-order valence-electron chi connectivity index (χ1n) is 10.3. The van der Waals surface area contributed by atoms with Gasteiger partial charge in [0.15, 0.2) is 5.69 Å². The van der Waals surface area contributed by atoms with E-state index in [4.69, 9.17) is 0 Å². The molecule has 162 valence electrons.